The molecule has 1 heterocycles. The van der Waals surface area contributed by atoms with Crippen molar-refractivity contribution in [3.05, 3.63) is 99.2 Å². The lowest BCUT2D eigenvalue weighted by molar-refractivity contribution is -0.113. The summed E-state index contributed by atoms with van der Waals surface area (Å²) in [4.78, 5) is 19.6. The van der Waals surface area contributed by atoms with Gasteiger partial charge in [0, 0.05) is 15.6 Å². The van der Waals surface area contributed by atoms with E-state index >= 15 is 0 Å². The zero-order valence-corrected chi connectivity index (χ0v) is 17.9. The second-order valence-electron chi connectivity index (χ2n) is 6.84. The Bertz CT molecular complexity index is 1170. The summed E-state index contributed by atoms with van der Waals surface area (Å²) in [5.41, 5.74) is 3.64. The minimum Gasteiger partial charge on any atom is -0.497 e. The second kappa shape index (κ2) is 8.34. The molecule has 0 saturated heterocycles. The van der Waals surface area contributed by atoms with Gasteiger partial charge in [0.1, 0.15) is 17.3 Å². The molecule has 0 radical (unpaired) electrons. The quantitative estimate of drug-likeness (QED) is 0.460. The van der Waals surface area contributed by atoms with Crippen LogP contribution in [-0.2, 0) is 4.79 Å². The third kappa shape index (κ3) is 3.97. The molecule has 0 fully saturated rings. The minimum atomic E-state index is -0.234. The summed E-state index contributed by atoms with van der Waals surface area (Å²) >= 11 is 12.3. The van der Waals surface area contributed by atoms with Crippen LogP contribution in [0.3, 0.4) is 0 Å². The molecule has 150 valence electrons. The first-order valence-corrected chi connectivity index (χ1v) is 10.0. The molecule has 0 atom stereocenters. The molecule has 6 heteroatoms. The first-order valence-electron chi connectivity index (χ1n) is 9.27. The number of rotatable bonds is 4. The van der Waals surface area contributed by atoms with E-state index in [1.165, 1.54) is 0 Å². The number of hydrogen-bond donors (Lipinski definition) is 0. The monoisotopic (exact) mass is 436 g/mol. The van der Waals surface area contributed by atoms with E-state index in [1.807, 2.05) is 55.5 Å². The van der Waals surface area contributed by atoms with Crippen LogP contribution in [0.15, 0.2) is 77.4 Å². The van der Waals surface area contributed by atoms with Gasteiger partial charge in [0.25, 0.3) is 5.91 Å². The van der Waals surface area contributed by atoms with Crippen molar-refractivity contribution in [1.29, 1.82) is 0 Å². The van der Waals surface area contributed by atoms with Crippen LogP contribution in [0, 0.1) is 6.92 Å². The molecule has 1 aliphatic heterocycles. The van der Waals surface area contributed by atoms with Gasteiger partial charge >= 0.3 is 0 Å². The van der Waals surface area contributed by atoms with E-state index in [1.54, 1.807) is 36.3 Å². The number of nitrogens with zero attached hydrogens (tertiary/aromatic N) is 2. The van der Waals surface area contributed by atoms with E-state index in [-0.39, 0.29) is 5.91 Å². The van der Waals surface area contributed by atoms with Gasteiger partial charge in [0.05, 0.1) is 12.8 Å². The molecule has 30 heavy (non-hydrogen) atoms. The van der Waals surface area contributed by atoms with E-state index in [4.69, 9.17) is 27.9 Å². The predicted molar refractivity (Wildman–Crippen MR) is 123 cm³/mol. The van der Waals surface area contributed by atoms with E-state index in [9.17, 15) is 4.79 Å². The molecule has 0 saturated carbocycles. The Hall–Kier alpha value is -3.08. The lowest BCUT2D eigenvalue weighted by Gasteiger charge is -2.19. The molecule has 3 aromatic carbocycles. The van der Waals surface area contributed by atoms with Gasteiger partial charge in [0.15, 0.2) is 0 Å². The highest BCUT2D eigenvalue weighted by atomic mass is 35.5. The van der Waals surface area contributed by atoms with Gasteiger partial charge in [-0.2, -0.15) is 0 Å². The predicted octanol–water partition coefficient (Wildman–Crippen LogP) is 6.14. The smallest absolute Gasteiger partial charge is 0.282 e. The molecule has 4 rings (SSSR count). The SMILES string of the molecule is COc1ccc(N2C(=O)/C(=C\c3ccc(Cl)cc3Cl)N=C2c2ccc(C)cc2)cc1. The maximum atomic E-state index is 13.3. The number of halogens is 2. The minimum absolute atomic E-state index is 0.234. The van der Waals surface area contributed by atoms with Crippen LogP contribution in [-0.4, -0.2) is 18.9 Å². The Balaban J connectivity index is 1.81. The van der Waals surface area contributed by atoms with Crippen LogP contribution in [0.1, 0.15) is 16.7 Å². The Morgan fingerprint density at radius 3 is 2.30 bits per heavy atom. The zero-order chi connectivity index (χ0) is 21.3. The van der Waals surface area contributed by atoms with E-state index in [0.29, 0.717) is 38.6 Å². The van der Waals surface area contributed by atoms with Crippen molar-refractivity contribution in [2.45, 2.75) is 6.92 Å². The number of methoxy groups -OCH3 is 1. The summed E-state index contributed by atoms with van der Waals surface area (Å²) in [5, 5.41) is 0.987. The molecule has 0 unspecified atom stereocenters. The van der Waals surface area contributed by atoms with Gasteiger partial charge < -0.3 is 4.74 Å². The molecule has 0 aromatic heterocycles. The first-order chi connectivity index (χ1) is 14.5. The molecule has 1 aliphatic rings. The van der Waals surface area contributed by atoms with Gasteiger partial charge in [-0.25, -0.2) is 4.99 Å². The number of amides is 1. The molecule has 0 aliphatic carbocycles. The van der Waals surface area contributed by atoms with Crippen molar-refractivity contribution >= 4 is 46.7 Å². The average Bonchev–Trinajstić information content (AvgIpc) is 3.07. The van der Waals surface area contributed by atoms with E-state index < -0.39 is 0 Å². The van der Waals surface area contributed by atoms with Crippen LogP contribution in [0.2, 0.25) is 10.0 Å². The summed E-state index contributed by atoms with van der Waals surface area (Å²) in [6, 6.07) is 20.3. The summed E-state index contributed by atoms with van der Waals surface area (Å²) in [7, 11) is 1.60. The number of aryl methyl sites for hydroxylation is 1. The lowest BCUT2D eigenvalue weighted by atomic mass is 10.1. The molecular formula is C24H18Cl2N2O2. The number of anilines is 1. The topological polar surface area (TPSA) is 41.9 Å². The number of ether oxygens (including phenoxy) is 1. The van der Waals surface area contributed by atoms with Crippen molar-refractivity contribution in [1.82, 2.24) is 0 Å². The molecule has 4 nitrogen and oxygen atoms in total. The summed E-state index contributed by atoms with van der Waals surface area (Å²) in [6.07, 6.45) is 1.68. The molecule has 0 bridgehead atoms. The second-order valence-corrected chi connectivity index (χ2v) is 7.68. The molecule has 0 spiro atoms. The van der Waals surface area contributed by atoms with E-state index in [2.05, 4.69) is 4.99 Å². The van der Waals surface area contributed by atoms with Crippen LogP contribution in [0.5, 0.6) is 5.75 Å². The van der Waals surface area contributed by atoms with Gasteiger partial charge in [-0.05, 0) is 55.0 Å². The Kier molecular flexibility index (Phi) is 5.62. The fourth-order valence-electron chi connectivity index (χ4n) is 3.15. The Morgan fingerprint density at radius 1 is 0.967 bits per heavy atom. The summed E-state index contributed by atoms with van der Waals surface area (Å²) < 4.78 is 5.24. The van der Waals surface area contributed by atoms with Gasteiger partial charge in [0.2, 0.25) is 0 Å². The number of amidine groups is 1. The maximum absolute atomic E-state index is 13.3. The van der Waals surface area contributed by atoms with Gasteiger partial charge in [-0.15, -0.1) is 0 Å². The average molecular weight is 437 g/mol. The van der Waals surface area contributed by atoms with E-state index in [0.717, 1.165) is 11.1 Å². The zero-order valence-electron chi connectivity index (χ0n) is 16.4. The van der Waals surface area contributed by atoms with Crippen molar-refractivity contribution in [3.8, 4) is 5.75 Å². The first kappa shape index (κ1) is 20.2. The number of carbonyl (C=O) groups excluding carboxylic acids is 1. The number of carbonyl (C=O) groups is 1. The third-order valence-corrected chi connectivity index (χ3v) is 5.32. The van der Waals surface area contributed by atoms with Gasteiger partial charge in [-0.3, -0.25) is 9.69 Å². The fourth-order valence-corrected chi connectivity index (χ4v) is 3.61. The lowest BCUT2D eigenvalue weighted by Crippen LogP contribution is -2.32. The molecule has 3 aromatic rings. The van der Waals surface area contributed by atoms with Crippen molar-refractivity contribution in [2.75, 3.05) is 12.0 Å². The standard InChI is InChI=1S/C24H18Cl2N2O2/c1-15-3-5-16(6-4-15)23-27-22(13-17-7-8-18(25)14-21(17)26)24(29)28(23)19-9-11-20(30-2)12-10-19/h3-14H,1-2H3/b22-13+. The largest absolute Gasteiger partial charge is 0.497 e. The summed E-state index contributed by atoms with van der Waals surface area (Å²) in [5.74, 6) is 1.03. The van der Waals surface area contributed by atoms with Crippen LogP contribution < -0.4 is 9.64 Å². The van der Waals surface area contributed by atoms with Crippen molar-refractivity contribution in [2.24, 2.45) is 4.99 Å². The van der Waals surface area contributed by atoms with Crippen LogP contribution >= 0.6 is 23.2 Å². The Labute approximate surface area is 185 Å². The summed E-state index contributed by atoms with van der Waals surface area (Å²) in [6.45, 7) is 2.01. The van der Waals surface area contributed by atoms with Crippen molar-refractivity contribution < 1.29 is 9.53 Å². The Morgan fingerprint density at radius 2 is 1.67 bits per heavy atom. The highest BCUT2D eigenvalue weighted by Gasteiger charge is 2.32. The fraction of sp³-hybridized carbons (Fsp3) is 0.0833. The molecule has 0 N–H and O–H groups in total. The van der Waals surface area contributed by atoms with Crippen molar-refractivity contribution in [3.63, 3.8) is 0 Å². The highest BCUT2D eigenvalue weighted by molar-refractivity contribution is 6.36. The number of aliphatic imine (C=N–C) groups is 1. The number of hydrogen-bond acceptors (Lipinski definition) is 3. The number of benzene rings is 3. The molecule has 1 amide bonds. The van der Waals surface area contributed by atoms with Gasteiger partial charge in [-0.1, -0.05) is 59.1 Å². The molecular weight excluding hydrogens is 419 g/mol. The maximum Gasteiger partial charge on any atom is 0.282 e. The normalized spacial score (nSPS) is 14.9. The third-order valence-electron chi connectivity index (χ3n) is 4.76. The highest BCUT2D eigenvalue weighted by Crippen LogP contribution is 2.31. The van der Waals surface area contributed by atoms with Crippen LogP contribution in [0.25, 0.3) is 6.08 Å². The van der Waals surface area contributed by atoms with Crippen LogP contribution in [0.4, 0.5) is 5.69 Å².